The van der Waals surface area contributed by atoms with Crippen molar-refractivity contribution in [2.24, 2.45) is 17.2 Å². The second-order valence-electron chi connectivity index (χ2n) is 6.10. The van der Waals surface area contributed by atoms with E-state index < -0.39 is 0 Å². The van der Waals surface area contributed by atoms with Crippen molar-refractivity contribution in [3.05, 3.63) is 0 Å². The van der Waals surface area contributed by atoms with Crippen LogP contribution in [0.25, 0.3) is 0 Å². The molecule has 1 aliphatic rings. The Morgan fingerprint density at radius 1 is 0.857 bits per heavy atom. The Labute approximate surface area is 130 Å². The van der Waals surface area contributed by atoms with Crippen molar-refractivity contribution < 1.29 is 4.59 Å². The van der Waals surface area contributed by atoms with E-state index in [9.17, 15) is 0 Å². The summed E-state index contributed by atoms with van der Waals surface area (Å²) in [6, 6.07) is 0. The van der Waals surface area contributed by atoms with Gasteiger partial charge in [0.2, 0.25) is 0 Å². The van der Waals surface area contributed by atoms with Gasteiger partial charge in [-0.2, -0.15) is 5.01 Å². The quantitative estimate of drug-likeness (QED) is 0.271. The molecule has 1 saturated heterocycles. The SMILES string of the molecule is NCCCNCCC[N+]1(CCCN)CCCN1CCCN. The molecule has 126 valence electrons. The average Bonchev–Trinajstić information content (AvgIpc) is 2.90. The average molecular weight is 302 g/mol. The molecule has 0 spiro atoms. The van der Waals surface area contributed by atoms with Crippen molar-refractivity contribution in [1.29, 1.82) is 0 Å². The van der Waals surface area contributed by atoms with E-state index >= 15 is 0 Å². The Hall–Kier alpha value is -0.240. The summed E-state index contributed by atoms with van der Waals surface area (Å²) in [6.45, 7) is 10.5. The summed E-state index contributed by atoms with van der Waals surface area (Å²) < 4.78 is 1.13. The van der Waals surface area contributed by atoms with Crippen LogP contribution >= 0.6 is 0 Å². The van der Waals surface area contributed by atoms with Crippen LogP contribution in [0.4, 0.5) is 0 Å². The van der Waals surface area contributed by atoms with Crippen molar-refractivity contribution in [1.82, 2.24) is 10.3 Å². The molecule has 6 nitrogen and oxygen atoms in total. The third-order valence-corrected chi connectivity index (χ3v) is 4.47. The zero-order chi connectivity index (χ0) is 15.4. The zero-order valence-corrected chi connectivity index (χ0v) is 13.7. The Morgan fingerprint density at radius 3 is 2.24 bits per heavy atom. The van der Waals surface area contributed by atoms with E-state index in [-0.39, 0.29) is 0 Å². The van der Waals surface area contributed by atoms with Crippen molar-refractivity contribution in [2.45, 2.75) is 32.1 Å². The van der Waals surface area contributed by atoms with Gasteiger partial charge in [0, 0.05) is 32.4 Å². The van der Waals surface area contributed by atoms with Gasteiger partial charge in [-0.25, -0.2) is 4.59 Å². The highest BCUT2D eigenvalue weighted by atomic mass is 15.8. The molecule has 0 aromatic carbocycles. The van der Waals surface area contributed by atoms with E-state index in [1.165, 1.54) is 39.0 Å². The minimum atomic E-state index is 0.774. The molecule has 1 unspecified atom stereocenters. The first-order valence-electron chi connectivity index (χ1n) is 8.71. The maximum Gasteiger partial charge on any atom is 0.0978 e. The lowest BCUT2D eigenvalue weighted by atomic mass is 10.3. The van der Waals surface area contributed by atoms with Gasteiger partial charge >= 0.3 is 0 Å². The van der Waals surface area contributed by atoms with Crippen molar-refractivity contribution in [2.75, 3.05) is 65.4 Å². The number of quaternary nitrogens is 1. The summed E-state index contributed by atoms with van der Waals surface area (Å²) in [6.07, 6.45) is 5.79. The van der Waals surface area contributed by atoms with Gasteiger partial charge in [-0.1, -0.05) is 0 Å². The van der Waals surface area contributed by atoms with Crippen molar-refractivity contribution in [3.63, 3.8) is 0 Å². The third-order valence-electron chi connectivity index (χ3n) is 4.47. The van der Waals surface area contributed by atoms with Crippen LogP contribution in [0.15, 0.2) is 0 Å². The molecule has 1 fully saturated rings. The fraction of sp³-hybridized carbons (Fsp3) is 1.00. The molecule has 6 heteroatoms. The summed E-state index contributed by atoms with van der Waals surface area (Å²) >= 11 is 0. The topological polar surface area (TPSA) is 93.3 Å². The molecule has 0 aromatic heterocycles. The summed E-state index contributed by atoms with van der Waals surface area (Å²) in [5.74, 6) is 0. The second-order valence-corrected chi connectivity index (χ2v) is 6.10. The van der Waals surface area contributed by atoms with E-state index in [0.29, 0.717) is 0 Å². The van der Waals surface area contributed by atoms with Crippen LogP contribution in [0.5, 0.6) is 0 Å². The van der Waals surface area contributed by atoms with Crippen LogP contribution in [0.3, 0.4) is 0 Å². The smallest absolute Gasteiger partial charge is 0.0978 e. The van der Waals surface area contributed by atoms with E-state index in [4.69, 9.17) is 17.2 Å². The van der Waals surface area contributed by atoms with Crippen LogP contribution in [-0.2, 0) is 0 Å². The van der Waals surface area contributed by atoms with Crippen molar-refractivity contribution in [3.8, 4) is 0 Å². The Balaban J connectivity index is 2.40. The molecule has 0 radical (unpaired) electrons. The molecule has 0 saturated carbocycles. The highest BCUT2D eigenvalue weighted by molar-refractivity contribution is 4.61. The van der Waals surface area contributed by atoms with Crippen LogP contribution in [-0.4, -0.2) is 75.0 Å². The number of nitrogens with zero attached hydrogens (tertiary/aromatic N) is 2. The molecule has 1 atom stereocenters. The number of rotatable bonds is 13. The molecule has 0 amide bonds. The minimum Gasteiger partial charge on any atom is -0.330 e. The number of hydrogen-bond donors (Lipinski definition) is 4. The lowest BCUT2D eigenvalue weighted by Gasteiger charge is -2.41. The molecule has 0 aliphatic carbocycles. The molecule has 1 rings (SSSR count). The predicted octanol–water partition coefficient (Wildman–Crippen LogP) is -0.550. The second kappa shape index (κ2) is 11.3. The fourth-order valence-corrected chi connectivity index (χ4v) is 3.35. The van der Waals surface area contributed by atoms with E-state index in [1.54, 1.807) is 0 Å². The fourth-order valence-electron chi connectivity index (χ4n) is 3.35. The van der Waals surface area contributed by atoms with Crippen LogP contribution in [0.1, 0.15) is 32.1 Å². The van der Waals surface area contributed by atoms with Crippen LogP contribution in [0, 0.1) is 0 Å². The summed E-state index contributed by atoms with van der Waals surface area (Å²) in [4.78, 5) is 0. The van der Waals surface area contributed by atoms with Gasteiger partial charge in [0.15, 0.2) is 0 Å². The molecule has 21 heavy (non-hydrogen) atoms. The van der Waals surface area contributed by atoms with Gasteiger partial charge in [-0.05, 0) is 39.0 Å². The molecular weight excluding hydrogens is 264 g/mol. The Bertz CT molecular complexity index is 250. The Morgan fingerprint density at radius 2 is 1.52 bits per heavy atom. The first-order valence-corrected chi connectivity index (χ1v) is 8.71. The maximum absolute atomic E-state index is 5.75. The molecule has 1 aliphatic heterocycles. The summed E-state index contributed by atoms with van der Waals surface area (Å²) in [5.41, 5.74) is 16.9. The molecule has 1 heterocycles. The van der Waals surface area contributed by atoms with Gasteiger partial charge in [0.05, 0.1) is 26.2 Å². The predicted molar refractivity (Wildman–Crippen MR) is 89.6 cm³/mol. The van der Waals surface area contributed by atoms with E-state index in [1.807, 2.05) is 0 Å². The van der Waals surface area contributed by atoms with Crippen LogP contribution in [0.2, 0.25) is 0 Å². The van der Waals surface area contributed by atoms with E-state index in [0.717, 1.165) is 63.1 Å². The Kier molecular flexibility index (Phi) is 10.2. The van der Waals surface area contributed by atoms with E-state index in [2.05, 4.69) is 10.3 Å². The number of nitrogens with two attached hydrogens (primary N) is 3. The summed E-state index contributed by atoms with van der Waals surface area (Å²) in [5, 5.41) is 6.13. The molecule has 0 bridgehead atoms. The lowest BCUT2D eigenvalue weighted by Crippen LogP contribution is -2.58. The highest BCUT2D eigenvalue weighted by Crippen LogP contribution is 2.23. The van der Waals surface area contributed by atoms with Gasteiger partial charge < -0.3 is 22.5 Å². The zero-order valence-electron chi connectivity index (χ0n) is 13.7. The molecule has 7 N–H and O–H groups in total. The molecular formula is C15H37N6+. The monoisotopic (exact) mass is 301 g/mol. The number of hydrogen-bond acceptors (Lipinski definition) is 5. The normalized spacial score (nSPS) is 23.0. The third kappa shape index (κ3) is 6.59. The number of nitrogens with one attached hydrogen (secondary N) is 1. The minimum absolute atomic E-state index is 0.774. The van der Waals surface area contributed by atoms with Gasteiger partial charge in [0.1, 0.15) is 0 Å². The van der Waals surface area contributed by atoms with Crippen molar-refractivity contribution >= 4 is 0 Å². The highest BCUT2D eigenvalue weighted by Gasteiger charge is 2.38. The molecule has 0 aromatic rings. The standard InChI is InChI=1S/C15H37N6/c16-6-1-9-19-10-4-14-21(13-3-8-18)15-5-12-20(21)11-2-7-17/h19H,1-18H2/q+1. The summed E-state index contributed by atoms with van der Waals surface area (Å²) in [7, 11) is 0. The lowest BCUT2D eigenvalue weighted by molar-refractivity contribution is -1.02. The van der Waals surface area contributed by atoms with Crippen LogP contribution < -0.4 is 22.5 Å². The first kappa shape index (κ1) is 18.8. The maximum atomic E-state index is 5.75. The van der Waals surface area contributed by atoms with Gasteiger partial charge in [-0.15, -0.1) is 0 Å². The van der Waals surface area contributed by atoms with Gasteiger partial charge in [-0.3, -0.25) is 0 Å². The largest absolute Gasteiger partial charge is 0.330 e. The van der Waals surface area contributed by atoms with Gasteiger partial charge in [0.25, 0.3) is 0 Å². The first-order chi connectivity index (χ1) is 10.3.